The molecule has 0 amide bonds. The Bertz CT molecular complexity index is 272. The molecule has 0 aliphatic carbocycles. The van der Waals surface area contributed by atoms with Crippen LogP contribution in [0, 0.1) is 11.8 Å². The lowest BCUT2D eigenvalue weighted by Gasteiger charge is -2.22. The predicted octanol–water partition coefficient (Wildman–Crippen LogP) is 1.92. The second kappa shape index (κ2) is 7.08. The number of carbonyl (C=O) groups is 1. The fourth-order valence-corrected chi connectivity index (χ4v) is 1.13. The first-order valence-corrected chi connectivity index (χ1v) is 4.83. The Balaban J connectivity index is 4.47. The topological polar surface area (TPSA) is 35.5 Å². The molecule has 15 heavy (non-hydrogen) atoms. The van der Waals surface area contributed by atoms with Gasteiger partial charge in [0.1, 0.15) is 6.61 Å². The minimum Gasteiger partial charge on any atom is -0.446 e. The number of hydrogen-bond donors (Lipinski definition) is 0. The van der Waals surface area contributed by atoms with Crippen LogP contribution in [0.3, 0.4) is 0 Å². The van der Waals surface area contributed by atoms with E-state index in [0.29, 0.717) is 13.0 Å². The van der Waals surface area contributed by atoms with Crippen LogP contribution in [0.5, 0.6) is 0 Å². The summed E-state index contributed by atoms with van der Waals surface area (Å²) in [5.41, 5.74) is -0.738. The van der Waals surface area contributed by atoms with E-state index in [-0.39, 0.29) is 5.97 Å². The zero-order valence-corrected chi connectivity index (χ0v) is 9.63. The number of methoxy groups -OCH3 is 1. The molecular formula is C12H18O3. The third-order valence-corrected chi connectivity index (χ3v) is 1.76. The molecule has 0 heterocycles. The van der Waals surface area contributed by atoms with Crippen molar-refractivity contribution in [2.24, 2.45) is 0 Å². The van der Waals surface area contributed by atoms with Gasteiger partial charge in [0.15, 0.2) is 5.60 Å². The van der Waals surface area contributed by atoms with Crippen LogP contribution in [0.4, 0.5) is 0 Å². The molecule has 0 bridgehead atoms. The average Bonchev–Trinajstić information content (AvgIpc) is 2.14. The third kappa shape index (κ3) is 6.75. The van der Waals surface area contributed by atoms with Crippen LogP contribution in [0.25, 0.3) is 0 Å². The molecule has 0 aromatic heterocycles. The van der Waals surface area contributed by atoms with Crippen LogP contribution in [0.2, 0.25) is 0 Å². The van der Waals surface area contributed by atoms with Gasteiger partial charge in [-0.3, -0.25) is 4.79 Å². The smallest absolute Gasteiger partial charge is 0.304 e. The van der Waals surface area contributed by atoms with Gasteiger partial charge in [-0.25, -0.2) is 0 Å². The number of rotatable bonds is 5. The molecule has 0 saturated carbocycles. The van der Waals surface area contributed by atoms with Gasteiger partial charge in [0.2, 0.25) is 0 Å². The summed E-state index contributed by atoms with van der Waals surface area (Å²) in [4.78, 5) is 10.9. The maximum atomic E-state index is 10.9. The minimum absolute atomic E-state index is 0.326. The lowest BCUT2D eigenvalue weighted by atomic mass is 10.0. The second-order valence-electron chi connectivity index (χ2n) is 3.39. The van der Waals surface area contributed by atoms with Gasteiger partial charge in [0, 0.05) is 20.5 Å². The normalized spacial score (nSPS) is 13.3. The summed E-state index contributed by atoms with van der Waals surface area (Å²) >= 11 is 0. The Labute approximate surface area is 91.5 Å². The molecule has 3 nitrogen and oxygen atoms in total. The zero-order valence-electron chi connectivity index (χ0n) is 9.63. The van der Waals surface area contributed by atoms with E-state index >= 15 is 0 Å². The first kappa shape index (κ1) is 13.7. The Morgan fingerprint density at radius 1 is 1.60 bits per heavy atom. The lowest BCUT2D eigenvalue weighted by molar-refractivity contribution is -0.150. The van der Waals surface area contributed by atoms with E-state index in [4.69, 9.17) is 9.47 Å². The molecule has 1 unspecified atom stereocenters. The van der Waals surface area contributed by atoms with E-state index < -0.39 is 5.60 Å². The molecule has 0 aliphatic rings. The van der Waals surface area contributed by atoms with Crippen molar-refractivity contribution >= 4 is 5.97 Å². The van der Waals surface area contributed by atoms with Crippen molar-refractivity contribution in [1.82, 2.24) is 0 Å². The average molecular weight is 210 g/mol. The molecule has 0 rings (SSSR count). The SMILES string of the molecule is C=CCCC(C)(C#CCOC)OC(C)=O. The van der Waals surface area contributed by atoms with Crippen molar-refractivity contribution < 1.29 is 14.3 Å². The van der Waals surface area contributed by atoms with Crippen molar-refractivity contribution in [1.29, 1.82) is 0 Å². The predicted molar refractivity (Wildman–Crippen MR) is 59.3 cm³/mol. The van der Waals surface area contributed by atoms with E-state index in [0.717, 1.165) is 6.42 Å². The summed E-state index contributed by atoms with van der Waals surface area (Å²) < 4.78 is 9.98. The molecule has 0 fully saturated rings. The molecule has 0 spiro atoms. The molecule has 0 saturated heterocycles. The van der Waals surface area contributed by atoms with E-state index in [9.17, 15) is 4.79 Å². The molecule has 1 atom stereocenters. The highest BCUT2D eigenvalue weighted by molar-refractivity contribution is 5.67. The quantitative estimate of drug-likeness (QED) is 0.395. The van der Waals surface area contributed by atoms with Crippen LogP contribution in [0.15, 0.2) is 12.7 Å². The Hall–Kier alpha value is -1.27. The standard InChI is InChI=1S/C12H18O3/c1-5-6-8-12(3,15-11(2)13)9-7-10-14-4/h5H,1,6,8,10H2,2-4H3. The largest absolute Gasteiger partial charge is 0.446 e. The number of hydrogen-bond acceptors (Lipinski definition) is 3. The monoisotopic (exact) mass is 210 g/mol. The molecule has 0 aromatic rings. The lowest BCUT2D eigenvalue weighted by Crippen LogP contribution is -2.29. The number of esters is 1. The van der Waals surface area contributed by atoms with Gasteiger partial charge in [-0.1, -0.05) is 17.9 Å². The molecule has 84 valence electrons. The van der Waals surface area contributed by atoms with Gasteiger partial charge in [0.25, 0.3) is 0 Å². The molecule has 0 aliphatic heterocycles. The van der Waals surface area contributed by atoms with Crippen LogP contribution >= 0.6 is 0 Å². The summed E-state index contributed by atoms with van der Waals surface area (Å²) in [6.45, 7) is 7.14. The first-order valence-electron chi connectivity index (χ1n) is 4.83. The van der Waals surface area contributed by atoms with Crippen molar-refractivity contribution in [3.05, 3.63) is 12.7 Å². The van der Waals surface area contributed by atoms with Gasteiger partial charge >= 0.3 is 5.97 Å². The van der Waals surface area contributed by atoms with Gasteiger partial charge < -0.3 is 9.47 Å². The fourth-order valence-electron chi connectivity index (χ4n) is 1.13. The van der Waals surface area contributed by atoms with Crippen molar-refractivity contribution in [3.8, 4) is 11.8 Å². The Morgan fingerprint density at radius 2 is 2.27 bits per heavy atom. The highest BCUT2D eigenvalue weighted by Crippen LogP contribution is 2.17. The maximum Gasteiger partial charge on any atom is 0.304 e. The first-order chi connectivity index (χ1) is 7.04. The minimum atomic E-state index is -0.738. The van der Waals surface area contributed by atoms with Crippen molar-refractivity contribution in [2.75, 3.05) is 13.7 Å². The summed E-state index contributed by atoms with van der Waals surface area (Å²) in [7, 11) is 1.57. The second-order valence-corrected chi connectivity index (χ2v) is 3.39. The molecule has 0 N–H and O–H groups in total. The van der Waals surface area contributed by atoms with E-state index in [1.54, 1.807) is 20.1 Å². The molecule has 3 heteroatoms. The van der Waals surface area contributed by atoms with Crippen LogP contribution in [-0.2, 0) is 14.3 Å². The number of ether oxygens (including phenoxy) is 2. The Morgan fingerprint density at radius 3 is 2.73 bits per heavy atom. The summed E-state index contributed by atoms with van der Waals surface area (Å²) in [5, 5.41) is 0. The molecule has 0 aromatic carbocycles. The van der Waals surface area contributed by atoms with Crippen molar-refractivity contribution in [2.45, 2.75) is 32.3 Å². The molecule has 0 radical (unpaired) electrons. The highest BCUT2D eigenvalue weighted by Gasteiger charge is 2.23. The van der Waals surface area contributed by atoms with E-state index in [1.807, 2.05) is 0 Å². The van der Waals surface area contributed by atoms with E-state index in [1.165, 1.54) is 6.92 Å². The van der Waals surface area contributed by atoms with E-state index in [2.05, 4.69) is 18.4 Å². The summed E-state index contributed by atoms with van der Waals surface area (Å²) in [6.07, 6.45) is 3.18. The third-order valence-electron chi connectivity index (χ3n) is 1.76. The van der Waals surface area contributed by atoms with Crippen molar-refractivity contribution in [3.63, 3.8) is 0 Å². The van der Waals surface area contributed by atoms with Gasteiger partial charge in [-0.15, -0.1) is 6.58 Å². The maximum absolute atomic E-state index is 10.9. The summed E-state index contributed by atoms with van der Waals surface area (Å²) in [5.74, 6) is 5.38. The van der Waals surface area contributed by atoms with Gasteiger partial charge in [-0.05, 0) is 13.3 Å². The number of carbonyl (C=O) groups excluding carboxylic acids is 1. The van der Waals surface area contributed by atoms with Gasteiger partial charge in [0.05, 0.1) is 0 Å². The van der Waals surface area contributed by atoms with Crippen LogP contribution in [-0.4, -0.2) is 25.3 Å². The fraction of sp³-hybridized carbons (Fsp3) is 0.583. The number of allylic oxidation sites excluding steroid dienone is 1. The van der Waals surface area contributed by atoms with Gasteiger partial charge in [-0.2, -0.15) is 0 Å². The summed E-state index contributed by atoms with van der Waals surface area (Å²) in [6, 6.07) is 0. The zero-order chi connectivity index (χ0) is 11.7. The highest BCUT2D eigenvalue weighted by atomic mass is 16.6. The molecular weight excluding hydrogens is 192 g/mol. The van der Waals surface area contributed by atoms with Crippen LogP contribution < -0.4 is 0 Å². The Kier molecular flexibility index (Phi) is 6.48. The van der Waals surface area contributed by atoms with Crippen LogP contribution in [0.1, 0.15) is 26.7 Å².